The van der Waals surface area contributed by atoms with E-state index in [0.29, 0.717) is 17.9 Å². The molecule has 0 saturated carbocycles. The first-order chi connectivity index (χ1) is 11.9. The lowest BCUT2D eigenvalue weighted by molar-refractivity contribution is -0.143. The Morgan fingerprint density at radius 2 is 2.08 bits per heavy atom. The van der Waals surface area contributed by atoms with Crippen molar-refractivity contribution in [1.29, 1.82) is 0 Å². The van der Waals surface area contributed by atoms with E-state index in [1.807, 2.05) is 31.2 Å². The average molecular weight is 361 g/mol. The fourth-order valence-corrected chi connectivity index (χ4v) is 4.06. The van der Waals surface area contributed by atoms with Crippen LogP contribution in [-0.4, -0.2) is 50.9 Å². The van der Waals surface area contributed by atoms with Crippen LogP contribution in [0.15, 0.2) is 30.3 Å². The van der Waals surface area contributed by atoms with Crippen LogP contribution >= 0.6 is 11.8 Å². The lowest BCUT2D eigenvalue weighted by Gasteiger charge is -2.23. The maximum absolute atomic E-state index is 12.5. The van der Waals surface area contributed by atoms with Gasteiger partial charge in [-0.1, -0.05) is 0 Å². The molecule has 1 aromatic carbocycles. The van der Waals surface area contributed by atoms with Gasteiger partial charge in [0.15, 0.2) is 5.69 Å². The summed E-state index contributed by atoms with van der Waals surface area (Å²) in [6.45, 7) is 1.84. The molecule has 1 amide bonds. The van der Waals surface area contributed by atoms with Crippen molar-refractivity contribution in [2.45, 2.75) is 18.9 Å². The summed E-state index contributed by atoms with van der Waals surface area (Å²) < 4.78 is 6.78. The number of carboxylic acids is 1. The minimum absolute atomic E-state index is 0.200. The predicted molar refractivity (Wildman–Crippen MR) is 94.6 cm³/mol. The molecule has 1 aromatic heterocycles. The second-order valence-corrected chi connectivity index (χ2v) is 7.03. The fourth-order valence-electron chi connectivity index (χ4n) is 2.74. The Bertz CT molecular complexity index is 795. The highest BCUT2D eigenvalue weighted by Gasteiger charge is 2.43. The van der Waals surface area contributed by atoms with Crippen molar-refractivity contribution in [3.8, 4) is 11.4 Å². The van der Waals surface area contributed by atoms with E-state index in [4.69, 9.17) is 4.74 Å². The van der Waals surface area contributed by atoms with E-state index in [2.05, 4.69) is 10.4 Å². The fraction of sp³-hybridized carbons (Fsp3) is 0.353. The number of aliphatic carboxylic acids is 1. The van der Waals surface area contributed by atoms with Gasteiger partial charge in [0.05, 0.1) is 12.8 Å². The van der Waals surface area contributed by atoms with Gasteiger partial charge in [0.2, 0.25) is 0 Å². The number of nitrogens with one attached hydrogen (secondary N) is 1. The Morgan fingerprint density at radius 3 is 2.64 bits per heavy atom. The summed E-state index contributed by atoms with van der Waals surface area (Å²) >= 11 is 1.52. The van der Waals surface area contributed by atoms with Gasteiger partial charge in [0, 0.05) is 11.4 Å². The number of ether oxygens (including phenoxy) is 1. The van der Waals surface area contributed by atoms with Crippen molar-refractivity contribution in [3.63, 3.8) is 0 Å². The minimum Gasteiger partial charge on any atom is -0.497 e. The molecule has 3 rings (SSSR count). The van der Waals surface area contributed by atoms with E-state index >= 15 is 0 Å². The predicted octanol–water partition coefficient (Wildman–Crippen LogP) is 1.88. The highest BCUT2D eigenvalue weighted by molar-refractivity contribution is 7.99. The molecule has 2 N–H and O–H groups in total. The topological polar surface area (TPSA) is 93.5 Å². The standard InChI is InChI=1S/C17H19N3O4S/c1-11-9-14(15(21)18-17(16(22)23)7-8-25-10-17)19-20(11)12-3-5-13(24-2)6-4-12/h3-6,9H,7-8,10H2,1-2H3,(H,18,21)(H,22,23). The van der Waals surface area contributed by atoms with Crippen LogP contribution in [-0.2, 0) is 4.79 Å². The van der Waals surface area contributed by atoms with Crippen molar-refractivity contribution in [2.75, 3.05) is 18.6 Å². The van der Waals surface area contributed by atoms with E-state index in [1.54, 1.807) is 17.9 Å². The van der Waals surface area contributed by atoms with Gasteiger partial charge in [-0.15, -0.1) is 0 Å². The second-order valence-electron chi connectivity index (χ2n) is 5.92. The van der Waals surface area contributed by atoms with Gasteiger partial charge in [0.1, 0.15) is 11.3 Å². The number of rotatable bonds is 5. The summed E-state index contributed by atoms with van der Waals surface area (Å²) in [6, 6.07) is 8.95. The maximum atomic E-state index is 12.5. The van der Waals surface area contributed by atoms with Gasteiger partial charge < -0.3 is 15.2 Å². The van der Waals surface area contributed by atoms with Gasteiger partial charge in [0.25, 0.3) is 5.91 Å². The molecular weight excluding hydrogens is 342 g/mol. The Hall–Kier alpha value is -2.48. The first-order valence-corrected chi connectivity index (χ1v) is 8.95. The Kier molecular flexibility index (Phi) is 4.71. The smallest absolute Gasteiger partial charge is 0.330 e. The zero-order valence-corrected chi connectivity index (χ0v) is 14.8. The van der Waals surface area contributed by atoms with Gasteiger partial charge in [-0.25, -0.2) is 9.48 Å². The van der Waals surface area contributed by atoms with E-state index in [9.17, 15) is 14.7 Å². The van der Waals surface area contributed by atoms with Gasteiger partial charge in [-0.05, 0) is 49.4 Å². The quantitative estimate of drug-likeness (QED) is 0.845. The van der Waals surface area contributed by atoms with Crippen LogP contribution in [0.4, 0.5) is 0 Å². The summed E-state index contributed by atoms with van der Waals surface area (Å²) in [4.78, 5) is 24.1. The molecule has 0 bridgehead atoms. The summed E-state index contributed by atoms with van der Waals surface area (Å²) in [6.07, 6.45) is 0.414. The Morgan fingerprint density at radius 1 is 1.36 bits per heavy atom. The van der Waals surface area contributed by atoms with Gasteiger partial charge in [-0.2, -0.15) is 16.9 Å². The average Bonchev–Trinajstić information content (AvgIpc) is 3.22. The summed E-state index contributed by atoms with van der Waals surface area (Å²) in [5.41, 5.74) is 0.563. The molecule has 132 valence electrons. The Labute approximate surface area is 149 Å². The second kappa shape index (κ2) is 6.79. The lowest BCUT2D eigenvalue weighted by Crippen LogP contribution is -2.54. The molecule has 8 heteroatoms. The third-order valence-corrected chi connectivity index (χ3v) is 5.41. The molecule has 0 radical (unpaired) electrons. The van der Waals surface area contributed by atoms with Crippen LogP contribution in [0.3, 0.4) is 0 Å². The van der Waals surface area contributed by atoms with Crippen molar-refractivity contribution >= 4 is 23.6 Å². The lowest BCUT2D eigenvalue weighted by atomic mass is 9.99. The van der Waals surface area contributed by atoms with Crippen LogP contribution in [0.2, 0.25) is 0 Å². The van der Waals surface area contributed by atoms with E-state index in [1.165, 1.54) is 11.8 Å². The van der Waals surface area contributed by atoms with E-state index in [-0.39, 0.29) is 5.69 Å². The van der Waals surface area contributed by atoms with E-state index in [0.717, 1.165) is 17.1 Å². The third-order valence-electron chi connectivity index (χ3n) is 4.22. The molecule has 0 spiro atoms. The van der Waals surface area contributed by atoms with Crippen molar-refractivity contribution in [1.82, 2.24) is 15.1 Å². The highest BCUT2D eigenvalue weighted by Crippen LogP contribution is 2.28. The summed E-state index contributed by atoms with van der Waals surface area (Å²) in [5, 5.41) is 16.5. The first kappa shape index (κ1) is 17.3. The molecule has 25 heavy (non-hydrogen) atoms. The monoisotopic (exact) mass is 361 g/mol. The number of carbonyl (C=O) groups excluding carboxylic acids is 1. The molecule has 0 aliphatic carbocycles. The number of hydrogen-bond acceptors (Lipinski definition) is 5. The zero-order chi connectivity index (χ0) is 18.0. The summed E-state index contributed by atoms with van der Waals surface area (Å²) in [7, 11) is 1.59. The van der Waals surface area contributed by atoms with Crippen molar-refractivity contribution < 1.29 is 19.4 Å². The van der Waals surface area contributed by atoms with Gasteiger partial charge in [-0.3, -0.25) is 4.79 Å². The number of nitrogens with zero attached hydrogens (tertiary/aromatic N) is 2. The van der Waals surface area contributed by atoms with Crippen LogP contribution in [0.1, 0.15) is 22.6 Å². The maximum Gasteiger partial charge on any atom is 0.330 e. The number of aromatic nitrogens is 2. The molecule has 1 atom stereocenters. The molecular formula is C17H19N3O4S. The number of carboxylic acid groups (broad SMARTS) is 1. The number of hydrogen-bond donors (Lipinski definition) is 2. The van der Waals surface area contributed by atoms with Crippen LogP contribution in [0.25, 0.3) is 5.69 Å². The largest absolute Gasteiger partial charge is 0.497 e. The Balaban J connectivity index is 1.83. The number of thioether (sulfide) groups is 1. The van der Waals surface area contributed by atoms with Crippen molar-refractivity contribution in [3.05, 3.63) is 41.7 Å². The number of benzene rings is 1. The van der Waals surface area contributed by atoms with Crippen LogP contribution < -0.4 is 10.1 Å². The number of aryl methyl sites for hydroxylation is 1. The molecule has 7 nitrogen and oxygen atoms in total. The first-order valence-electron chi connectivity index (χ1n) is 7.80. The number of amides is 1. The highest BCUT2D eigenvalue weighted by atomic mass is 32.2. The molecule has 2 heterocycles. The van der Waals surface area contributed by atoms with E-state index < -0.39 is 17.4 Å². The molecule has 1 saturated heterocycles. The molecule has 1 fully saturated rings. The normalized spacial score (nSPS) is 19.6. The molecule has 1 unspecified atom stereocenters. The molecule has 2 aromatic rings. The SMILES string of the molecule is COc1ccc(-n2nc(C(=O)NC3(C(=O)O)CCSC3)cc2C)cc1. The van der Waals surface area contributed by atoms with Gasteiger partial charge >= 0.3 is 5.97 Å². The third kappa shape index (κ3) is 3.34. The molecule has 1 aliphatic rings. The summed E-state index contributed by atoms with van der Waals surface area (Å²) in [5.74, 6) is 0.337. The number of methoxy groups -OCH3 is 1. The molecule has 1 aliphatic heterocycles. The minimum atomic E-state index is -1.21. The van der Waals surface area contributed by atoms with Crippen LogP contribution in [0, 0.1) is 6.92 Å². The van der Waals surface area contributed by atoms with Crippen molar-refractivity contribution in [2.24, 2.45) is 0 Å². The zero-order valence-electron chi connectivity index (χ0n) is 14.0. The number of carbonyl (C=O) groups is 2. The van der Waals surface area contributed by atoms with Crippen LogP contribution in [0.5, 0.6) is 5.75 Å².